The van der Waals surface area contributed by atoms with Gasteiger partial charge >= 0.3 is 0 Å². The van der Waals surface area contributed by atoms with E-state index in [1.54, 1.807) is 0 Å². The lowest BCUT2D eigenvalue weighted by Crippen LogP contribution is -2.43. The van der Waals surface area contributed by atoms with Gasteiger partial charge in [-0.2, -0.15) is 0 Å². The first-order chi connectivity index (χ1) is 8.74. The van der Waals surface area contributed by atoms with E-state index in [0.29, 0.717) is 13.1 Å². The predicted molar refractivity (Wildman–Crippen MR) is 69.2 cm³/mol. The Morgan fingerprint density at radius 1 is 1.11 bits per heavy atom. The molecule has 0 radical (unpaired) electrons. The third kappa shape index (κ3) is 2.15. The monoisotopic (exact) mass is 245 g/mol. The molecule has 0 aromatic heterocycles. The van der Waals surface area contributed by atoms with Crippen molar-refractivity contribution in [2.75, 3.05) is 13.1 Å². The molecular weight excluding hydrogens is 226 g/mol. The van der Waals surface area contributed by atoms with Gasteiger partial charge in [-0.25, -0.2) is 0 Å². The van der Waals surface area contributed by atoms with Gasteiger partial charge in [0.2, 0.25) is 5.91 Å². The highest BCUT2D eigenvalue weighted by Gasteiger charge is 2.31. The van der Waals surface area contributed by atoms with Crippen LogP contribution in [0.2, 0.25) is 0 Å². The molecule has 1 saturated heterocycles. The van der Waals surface area contributed by atoms with Gasteiger partial charge in [-0.1, -0.05) is 24.3 Å². The molecule has 3 heteroatoms. The summed E-state index contributed by atoms with van der Waals surface area (Å²) < 4.78 is 0. The summed E-state index contributed by atoms with van der Waals surface area (Å²) in [6, 6.07) is 8.34. The van der Waals surface area contributed by atoms with E-state index in [4.69, 9.17) is 0 Å². The Bertz CT molecular complexity index is 425. The highest BCUT2D eigenvalue weighted by molar-refractivity contribution is 5.80. The molecule has 1 fully saturated rings. The number of rotatable bonds is 1. The topological polar surface area (TPSA) is 40.5 Å². The number of nitrogens with zero attached hydrogens (tertiary/aromatic N) is 1. The number of likely N-dealkylation sites (tertiary alicyclic amines) is 1. The molecule has 0 saturated carbocycles. The number of carbonyl (C=O) groups excluding carboxylic acids is 1. The van der Waals surface area contributed by atoms with Gasteiger partial charge in [-0.3, -0.25) is 4.79 Å². The van der Waals surface area contributed by atoms with Crippen LogP contribution in [0.1, 0.15) is 24.0 Å². The largest absolute Gasteiger partial charge is 0.393 e. The number of carbonyl (C=O) groups is 1. The summed E-state index contributed by atoms with van der Waals surface area (Å²) in [7, 11) is 0. The van der Waals surface area contributed by atoms with Gasteiger partial charge in [0.25, 0.3) is 0 Å². The molecule has 3 nitrogen and oxygen atoms in total. The second-order valence-corrected chi connectivity index (χ2v) is 5.43. The van der Waals surface area contributed by atoms with Crippen molar-refractivity contribution in [1.29, 1.82) is 0 Å². The number of fused-ring (bicyclic) bond motifs is 1. The minimum atomic E-state index is -0.213. The molecule has 96 valence electrons. The molecular formula is C15H19NO2. The van der Waals surface area contributed by atoms with Crippen molar-refractivity contribution in [3.63, 3.8) is 0 Å². The van der Waals surface area contributed by atoms with Crippen LogP contribution in [-0.4, -0.2) is 35.1 Å². The second kappa shape index (κ2) is 4.73. The number of amides is 1. The zero-order chi connectivity index (χ0) is 12.5. The van der Waals surface area contributed by atoms with E-state index < -0.39 is 0 Å². The van der Waals surface area contributed by atoms with Gasteiger partial charge in [0.15, 0.2) is 0 Å². The first-order valence-corrected chi connectivity index (χ1v) is 6.77. The van der Waals surface area contributed by atoms with E-state index in [1.165, 1.54) is 11.1 Å². The van der Waals surface area contributed by atoms with Crippen LogP contribution in [0.25, 0.3) is 0 Å². The standard InChI is InChI=1S/C15H19NO2/c17-14-5-7-16(8-6-14)15(18)13-9-11-3-1-2-4-12(11)10-13/h1-4,13-14,17H,5-10H2. The Morgan fingerprint density at radius 2 is 1.67 bits per heavy atom. The summed E-state index contributed by atoms with van der Waals surface area (Å²) >= 11 is 0. The van der Waals surface area contributed by atoms with Gasteiger partial charge in [-0.05, 0) is 36.8 Å². The maximum absolute atomic E-state index is 12.4. The summed E-state index contributed by atoms with van der Waals surface area (Å²) in [5.74, 6) is 0.399. The van der Waals surface area contributed by atoms with E-state index in [1.807, 2.05) is 17.0 Å². The molecule has 1 aromatic rings. The first-order valence-electron chi connectivity index (χ1n) is 6.77. The van der Waals surface area contributed by atoms with Crippen molar-refractivity contribution in [2.45, 2.75) is 31.8 Å². The molecule has 1 heterocycles. The number of piperidine rings is 1. The molecule has 1 aliphatic heterocycles. The summed E-state index contributed by atoms with van der Waals surface area (Å²) in [6.45, 7) is 1.43. The van der Waals surface area contributed by atoms with E-state index in [0.717, 1.165) is 25.7 Å². The van der Waals surface area contributed by atoms with Crippen LogP contribution in [0.3, 0.4) is 0 Å². The fourth-order valence-electron chi connectivity index (χ4n) is 3.08. The summed E-state index contributed by atoms with van der Waals surface area (Å²) in [4.78, 5) is 14.4. The number of hydrogen-bond acceptors (Lipinski definition) is 2. The maximum atomic E-state index is 12.4. The summed E-state index contributed by atoms with van der Waals surface area (Å²) in [6.07, 6.45) is 3.01. The molecule has 0 unspecified atom stereocenters. The quantitative estimate of drug-likeness (QED) is 0.812. The highest BCUT2D eigenvalue weighted by Crippen LogP contribution is 2.28. The number of aliphatic hydroxyl groups is 1. The normalized spacial score (nSPS) is 21.1. The van der Waals surface area contributed by atoms with Crippen LogP contribution in [0.5, 0.6) is 0 Å². The molecule has 3 rings (SSSR count). The van der Waals surface area contributed by atoms with Crippen molar-refractivity contribution in [1.82, 2.24) is 4.90 Å². The van der Waals surface area contributed by atoms with Gasteiger partial charge in [0, 0.05) is 19.0 Å². The number of benzene rings is 1. The van der Waals surface area contributed by atoms with Crippen LogP contribution in [0.4, 0.5) is 0 Å². The first kappa shape index (κ1) is 11.7. The molecule has 18 heavy (non-hydrogen) atoms. The lowest BCUT2D eigenvalue weighted by atomic mass is 10.0. The fraction of sp³-hybridized carbons (Fsp3) is 0.533. The van der Waals surface area contributed by atoms with E-state index in [-0.39, 0.29) is 17.9 Å². The van der Waals surface area contributed by atoms with Crippen molar-refractivity contribution >= 4 is 5.91 Å². The van der Waals surface area contributed by atoms with Crippen LogP contribution in [-0.2, 0) is 17.6 Å². The Kier molecular flexibility index (Phi) is 3.08. The number of aliphatic hydroxyl groups excluding tert-OH is 1. The Hall–Kier alpha value is -1.35. The highest BCUT2D eigenvalue weighted by atomic mass is 16.3. The van der Waals surface area contributed by atoms with Gasteiger partial charge < -0.3 is 10.0 Å². The third-order valence-electron chi connectivity index (χ3n) is 4.18. The molecule has 0 bridgehead atoms. The number of hydrogen-bond donors (Lipinski definition) is 1. The molecule has 0 atom stereocenters. The molecule has 1 amide bonds. The van der Waals surface area contributed by atoms with E-state index in [2.05, 4.69) is 12.1 Å². The maximum Gasteiger partial charge on any atom is 0.226 e. The van der Waals surface area contributed by atoms with Crippen molar-refractivity contribution in [2.24, 2.45) is 5.92 Å². The van der Waals surface area contributed by atoms with Crippen molar-refractivity contribution < 1.29 is 9.90 Å². The average Bonchev–Trinajstić information content (AvgIpc) is 2.82. The zero-order valence-corrected chi connectivity index (χ0v) is 10.5. The van der Waals surface area contributed by atoms with E-state index in [9.17, 15) is 9.90 Å². The fourth-order valence-corrected chi connectivity index (χ4v) is 3.08. The summed E-state index contributed by atoms with van der Waals surface area (Å²) in [5.41, 5.74) is 2.65. The van der Waals surface area contributed by atoms with Crippen LogP contribution in [0.15, 0.2) is 24.3 Å². The van der Waals surface area contributed by atoms with Crippen molar-refractivity contribution in [3.8, 4) is 0 Å². The van der Waals surface area contributed by atoms with Gasteiger partial charge in [0.1, 0.15) is 0 Å². The Morgan fingerprint density at radius 3 is 2.22 bits per heavy atom. The zero-order valence-electron chi connectivity index (χ0n) is 10.5. The second-order valence-electron chi connectivity index (χ2n) is 5.43. The molecule has 1 aromatic carbocycles. The van der Waals surface area contributed by atoms with Crippen LogP contribution < -0.4 is 0 Å². The molecule has 2 aliphatic rings. The van der Waals surface area contributed by atoms with Gasteiger partial charge in [0.05, 0.1) is 6.10 Å². The predicted octanol–water partition coefficient (Wildman–Crippen LogP) is 1.38. The lowest BCUT2D eigenvalue weighted by molar-refractivity contribution is -0.137. The van der Waals surface area contributed by atoms with Crippen molar-refractivity contribution in [3.05, 3.63) is 35.4 Å². The van der Waals surface area contributed by atoms with E-state index >= 15 is 0 Å². The molecule has 1 N–H and O–H groups in total. The average molecular weight is 245 g/mol. The lowest BCUT2D eigenvalue weighted by Gasteiger charge is -2.31. The molecule has 0 spiro atoms. The minimum absolute atomic E-state index is 0.123. The molecule has 1 aliphatic carbocycles. The minimum Gasteiger partial charge on any atom is -0.393 e. The van der Waals surface area contributed by atoms with Crippen LogP contribution in [0, 0.1) is 5.92 Å². The SMILES string of the molecule is O=C(C1Cc2ccccc2C1)N1CCC(O)CC1. The Balaban J connectivity index is 1.65. The van der Waals surface area contributed by atoms with Crippen LogP contribution >= 0.6 is 0 Å². The Labute approximate surface area is 107 Å². The third-order valence-corrected chi connectivity index (χ3v) is 4.18. The smallest absolute Gasteiger partial charge is 0.226 e. The van der Waals surface area contributed by atoms with Gasteiger partial charge in [-0.15, -0.1) is 0 Å². The summed E-state index contributed by atoms with van der Waals surface area (Å²) in [5, 5.41) is 9.48.